The fraction of sp³-hybridized carbons (Fsp3) is 0.182. The van der Waals surface area contributed by atoms with Gasteiger partial charge in [0.15, 0.2) is 11.6 Å². The number of carbonyl (C=O) groups is 6. The van der Waals surface area contributed by atoms with E-state index < -0.39 is 47.3 Å². The van der Waals surface area contributed by atoms with Gasteiger partial charge in [0.2, 0.25) is 12.1 Å². The van der Waals surface area contributed by atoms with Crippen LogP contribution < -0.4 is 21.3 Å². The maximum absolute atomic E-state index is 13.2. The number of ketones is 2. The van der Waals surface area contributed by atoms with Crippen LogP contribution in [0.15, 0.2) is 130 Å². The summed E-state index contributed by atoms with van der Waals surface area (Å²) in [4.78, 5) is 77.7. The molecule has 0 aliphatic heterocycles. The molecule has 0 spiro atoms. The lowest BCUT2D eigenvalue weighted by Gasteiger charge is -2.14. The average molecular weight is 917 g/mol. The van der Waals surface area contributed by atoms with Crippen LogP contribution in [0.5, 0.6) is 0 Å². The molecule has 4 amide bonds. The quantitative estimate of drug-likeness (QED) is 0.0431. The number of hydrogen-bond acceptors (Lipinski definition) is 10. The van der Waals surface area contributed by atoms with Crippen molar-refractivity contribution in [3.8, 4) is 0 Å². The number of para-hydroxylation sites is 2. The summed E-state index contributed by atoms with van der Waals surface area (Å²) < 4.78 is 0. The van der Waals surface area contributed by atoms with Crippen LogP contribution in [0.3, 0.4) is 0 Å². The van der Waals surface area contributed by atoms with Crippen LogP contribution in [-0.4, -0.2) is 47.3 Å². The number of hydrogen-bond donors (Lipinski definition) is 4. The van der Waals surface area contributed by atoms with Gasteiger partial charge in [-0.2, -0.15) is 20.5 Å². The first-order valence-corrected chi connectivity index (χ1v) is 20.4. The lowest BCUT2D eigenvalue weighted by molar-refractivity contribution is -0.127. The number of nitrogens with one attached hydrogen (secondary N) is 4. The molecule has 318 valence electrons. The number of alkyl halides is 2. The Morgan fingerprint density at radius 1 is 0.484 bits per heavy atom. The maximum atomic E-state index is 13.2. The second-order valence-electron chi connectivity index (χ2n) is 13.6. The third-order valence-electron chi connectivity index (χ3n) is 8.97. The molecule has 0 bridgehead atoms. The normalized spacial score (nSPS) is 13.2. The van der Waals surface area contributed by atoms with Crippen LogP contribution in [0, 0.1) is 0 Å². The first-order valence-electron chi connectivity index (χ1n) is 18.8. The molecule has 62 heavy (non-hydrogen) atoms. The second-order valence-corrected chi connectivity index (χ2v) is 15.7. The van der Waals surface area contributed by atoms with E-state index in [1.807, 2.05) is 0 Å². The van der Waals surface area contributed by atoms with Crippen molar-refractivity contribution in [3.05, 3.63) is 141 Å². The van der Waals surface area contributed by atoms with E-state index in [1.165, 1.54) is 60.7 Å². The summed E-state index contributed by atoms with van der Waals surface area (Å²) in [5.74, 6) is -3.96. The molecule has 0 fully saturated rings. The van der Waals surface area contributed by atoms with Gasteiger partial charge in [0.05, 0.1) is 31.9 Å². The standard InChI is InChI=1S/C44H38Cl4N8O6/c1-23(45)29-11-5-7-15-33(29)51-41(59)31-13-9-17-35(37(31)47)53-55-39(25(3)57)43(61)49-27-19-21-28(22-20-27)50-44(62)40(26(4)58)56-54-36-18-10-14-32(38(36)48)42(60)52-34-16-8-6-12-30(34)24(2)46/h5-24,39-40H,1-4H3,(H,49,61)(H,50,62)(H,51,59)(H,52,60). The molecule has 4 unspecified atom stereocenters. The van der Waals surface area contributed by atoms with Crippen molar-refractivity contribution >= 4 is 116 Å². The smallest absolute Gasteiger partial charge is 0.258 e. The van der Waals surface area contributed by atoms with E-state index in [0.717, 1.165) is 13.8 Å². The SMILES string of the molecule is CC(=O)C(N=Nc1cccc(C(=O)Nc2ccccc2C(C)Cl)c1Cl)C(=O)Nc1ccc(NC(=O)C(N=Nc2cccc(C(=O)Nc3ccccc3C(C)Cl)c2Cl)C(C)=O)cc1. The van der Waals surface area contributed by atoms with Gasteiger partial charge in [-0.3, -0.25) is 28.8 Å². The lowest BCUT2D eigenvalue weighted by atomic mass is 10.1. The van der Waals surface area contributed by atoms with Gasteiger partial charge in [-0.15, -0.1) is 23.2 Å². The molecule has 5 aromatic rings. The second kappa shape index (κ2) is 21.5. The maximum Gasteiger partial charge on any atom is 0.258 e. The third-order valence-corrected chi connectivity index (χ3v) is 10.2. The zero-order valence-corrected chi connectivity index (χ0v) is 36.5. The number of amides is 4. The molecule has 0 radical (unpaired) electrons. The molecule has 18 heteroatoms. The molecule has 5 aromatic carbocycles. The summed E-state index contributed by atoms with van der Waals surface area (Å²) in [5, 5.41) is 25.8. The van der Waals surface area contributed by atoms with Crippen molar-refractivity contribution in [2.75, 3.05) is 21.3 Å². The van der Waals surface area contributed by atoms with Gasteiger partial charge in [0.1, 0.15) is 11.4 Å². The molecule has 0 aromatic heterocycles. The number of Topliss-reactive ketones (excluding diaryl/α,β-unsaturated/α-hetero) is 2. The van der Waals surface area contributed by atoms with Gasteiger partial charge in [-0.25, -0.2) is 0 Å². The van der Waals surface area contributed by atoms with Gasteiger partial charge < -0.3 is 21.3 Å². The van der Waals surface area contributed by atoms with E-state index in [9.17, 15) is 28.8 Å². The van der Waals surface area contributed by atoms with Crippen LogP contribution in [0.1, 0.15) is 70.3 Å². The molecule has 4 atom stereocenters. The average Bonchev–Trinajstić information content (AvgIpc) is 3.22. The van der Waals surface area contributed by atoms with Crippen molar-refractivity contribution in [1.82, 2.24) is 0 Å². The Bertz CT molecular complexity index is 2410. The number of nitrogens with zero attached hydrogens (tertiary/aromatic N) is 4. The summed E-state index contributed by atoms with van der Waals surface area (Å²) in [6.45, 7) is 5.88. The number of azo groups is 2. The Morgan fingerprint density at radius 3 is 1.18 bits per heavy atom. The molecule has 0 saturated carbocycles. The Morgan fingerprint density at radius 2 is 0.839 bits per heavy atom. The summed E-state index contributed by atoms with van der Waals surface area (Å²) in [6.07, 6.45) is 0. The van der Waals surface area contributed by atoms with E-state index in [0.29, 0.717) is 22.5 Å². The zero-order chi connectivity index (χ0) is 45.1. The third kappa shape index (κ3) is 11.9. The minimum atomic E-state index is -1.58. The van der Waals surface area contributed by atoms with E-state index in [1.54, 1.807) is 62.4 Å². The minimum absolute atomic E-state index is 0.0416. The Labute approximate surface area is 376 Å². The summed E-state index contributed by atoms with van der Waals surface area (Å²) >= 11 is 25.6. The van der Waals surface area contributed by atoms with E-state index in [2.05, 4.69) is 41.7 Å². The topological polar surface area (TPSA) is 200 Å². The summed E-state index contributed by atoms with van der Waals surface area (Å²) in [7, 11) is 0. The lowest BCUT2D eigenvalue weighted by Crippen LogP contribution is -2.32. The Kier molecular flexibility index (Phi) is 16.2. The molecule has 5 rings (SSSR count). The molecule has 4 N–H and O–H groups in total. The number of halogens is 4. The molecule has 0 aliphatic carbocycles. The van der Waals surface area contributed by atoms with Gasteiger partial charge in [0, 0.05) is 22.7 Å². The van der Waals surface area contributed by atoms with Gasteiger partial charge >= 0.3 is 0 Å². The summed E-state index contributed by atoms with van der Waals surface area (Å²) in [6, 6.07) is 25.7. The highest BCUT2D eigenvalue weighted by Gasteiger charge is 2.26. The van der Waals surface area contributed by atoms with E-state index in [-0.39, 0.29) is 54.7 Å². The monoisotopic (exact) mass is 914 g/mol. The largest absolute Gasteiger partial charge is 0.324 e. The van der Waals surface area contributed by atoms with E-state index >= 15 is 0 Å². The number of benzene rings is 5. The predicted molar refractivity (Wildman–Crippen MR) is 242 cm³/mol. The highest BCUT2D eigenvalue weighted by atomic mass is 35.5. The molecule has 14 nitrogen and oxygen atoms in total. The first-order chi connectivity index (χ1) is 29.5. The highest BCUT2D eigenvalue weighted by molar-refractivity contribution is 6.37. The van der Waals surface area contributed by atoms with Crippen LogP contribution in [0.25, 0.3) is 0 Å². The molecular weight excluding hydrogens is 878 g/mol. The number of rotatable bonds is 16. The predicted octanol–water partition coefficient (Wildman–Crippen LogP) is 11.5. The molecular formula is C44H38Cl4N8O6. The van der Waals surface area contributed by atoms with Crippen molar-refractivity contribution in [3.63, 3.8) is 0 Å². The summed E-state index contributed by atoms with van der Waals surface area (Å²) in [5.41, 5.74) is 3.13. The molecule has 0 heterocycles. The first kappa shape index (κ1) is 46.7. The van der Waals surface area contributed by atoms with Crippen molar-refractivity contribution in [2.45, 2.75) is 50.5 Å². The fourth-order valence-electron chi connectivity index (χ4n) is 5.77. The van der Waals surface area contributed by atoms with Crippen LogP contribution in [0.2, 0.25) is 10.0 Å². The van der Waals surface area contributed by atoms with E-state index in [4.69, 9.17) is 46.4 Å². The Balaban J connectivity index is 1.22. The van der Waals surface area contributed by atoms with Gasteiger partial charge in [-0.05, 0) is 99.5 Å². The van der Waals surface area contributed by atoms with Crippen molar-refractivity contribution in [1.29, 1.82) is 0 Å². The Hall–Kier alpha value is -6.32. The van der Waals surface area contributed by atoms with Crippen molar-refractivity contribution < 1.29 is 28.8 Å². The van der Waals surface area contributed by atoms with Crippen molar-refractivity contribution in [2.24, 2.45) is 20.5 Å². The zero-order valence-electron chi connectivity index (χ0n) is 33.5. The van der Waals surface area contributed by atoms with Crippen LogP contribution >= 0.6 is 46.4 Å². The van der Waals surface area contributed by atoms with Crippen LogP contribution in [-0.2, 0) is 19.2 Å². The number of carbonyl (C=O) groups excluding carboxylic acids is 6. The number of anilines is 4. The van der Waals surface area contributed by atoms with Gasteiger partial charge in [0.25, 0.3) is 23.6 Å². The fourth-order valence-corrected chi connectivity index (χ4v) is 6.65. The minimum Gasteiger partial charge on any atom is -0.324 e. The van der Waals surface area contributed by atoms with Crippen LogP contribution in [0.4, 0.5) is 34.1 Å². The molecule has 0 saturated heterocycles. The highest BCUT2D eigenvalue weighted by Crippen LogP contribution is 2.34. The van der Waals surface area contributed by atoms with Gasteiger partial charge in [-0.1, -0.05) is 71.7 Å². The molecule has 0 aliphatic rings.